The number of nitrogens with one attached hydrogen (secondary N) is 1. The van der Waals surface area contributed by atoms with E-state index < -0.39 is 5.60 Å². The third-order valence-corrected chi connectivity index (χ3v) is 2.21. The summed E-state index contributed by atoms with van der Waals surface area (Å²) in [5, 5.41) is 12.7. The molecule has 2 atom stereocenters. The minimum absolute atomic E-state index is 0.361. The molecule has 0 aromatic carbocycles. The molecule has 0 saturated heterocycles. The van der Waals surface area contributed by atoms with Gasteiger partial charge in [0.2, 0.25) is 0 Å². The summed E-state index contributed by atoms with van der Waals surface area (Å²) in [6.45, 7) is 6.70. The van der Waals surface area contributed by atoms with E-state index >= 15 is 0 Å². The van der Waals surface area contributed by atoms with Crippen molar-refractivity contribution in [2.45, 2.75) is 32.8 Å². The molecular formula is C8H19NO. The Morgan fingerprint density at radius 3 is 2.40 bits per heavy atom. The zero-order chi connectivity index (χ0) is 8.20. The third-order valence-electron chi connectivity index (χ3n) is 2.21. The van der Waals surface area contributed by atoms with E-state index in [1.54, 1.807) is 0 Å². The molecule has 0 aliphatic carbocycles. The van der Waals surface area contributed by atoms with Crippen LogP contribution in [-0.2, 0) is 0 Å². The Kier molecular flexibility index (Phi) is 3.91. The van der Waals surface area contributed by atoms with Gasteiger partial charge < -0.3 is 10.4 Å². The van der Waals surface area contributed by atoms with Crippen LogP contribution < -0.4 is 5.32 Å². The molecule has 0 radical (unpaired) electrons. The van der Waals surface area contributed by atoms with Crippen LogP contribution in [0.15, 0.2) is 0 Å². The van der Waals surface area contributed by atoms with Crippen LogP contribution in [0.5, 0.6) is 0 Å². The predicted octanol–water partition coefficient (Wildman–Crippen LogP) is 1.00. The lowest BCUT2D eigenvalue weighted by molar-refractivity contribution is 0.00728. The molecule has 0 rings (SSSR count). The van der Waals surface area contributed by atoms with E-state index in [9.17, 15) is 5.11 Å². The van der Waals surface area contributed by atoms with Gasteiger partial charge in [-0.15, -0.1) is 0 Å². The standard InChI is InChI=1S/C8H19NO/c1-5-7(2)8(3,10)6-9-4/h7,9-10H,5-6H2,1-4H3. The molecule has 0 fully saturated rings. The lowest BCUT2D eigenvalue weighted by Crippen LogP contribution is -2.41. The number of rotatable bonds is 4. The summed E-state index contributed by atoms with van der Waals surface area (Å²) in [6, 6.07) is 0. The van der Waals surface area contributed by atoms with E-state index in [0.717, 1.165) is 6.42 Å². The summed E-state index contributed by atoms with van der Waals surface area (Å²) in [6.07, 6.45) is 1.02. The van der Waals surface area contributed by atoms with E-state index in [-0.39, 0.29) is 0 Å². The SMILES string of the molecule is CCC(C)C(C)(O)CNC. The Morgan fingerprint density at radius 2 is 2.10 bits per heavy atom. The highest BCUT2D eigenvalue weighted by molar-refractivity contribution is 4.79. The molecule has 62 valence electrons. The van der Waals surface area contributed by atoms with Crippen LogP contribution in [-0.4, -0.2) is 24.3 Å². The normalized spacial score (nSPS) is 20.1. The molecule has 10 heavy (non-hydrogen) atoms. The molecule has 2 heteroatoms. The van der Waals surface area contributed by atoms with Gasteiger partial charge >= 0.3 is 0 Å². The first-order chi connectivity index (χ1) is 4.54. The van der Waals surface area contributed by atoms with Gasteiger partial charge in [0.05, 0.1) is 5.60 Å². The molecule has 0 aliphatic heterocycles. The van der Waals surface area contributed by atoms with Crippen molar-refractivity contribution in [1.29, 1.82) is 0 Å². The van der Waals surface area contributed by atoms with Gasteiger partial charge in [0.15, 0.2) is 0 Å². The summed E-state index contributed by atoms with van der Waals surface area (Å²) in [4.78, 5) is 0. The van der Waals surface area contributed by atoms with E-state index in [4.69, 9.17) is 0 Å². The number of aliphatic hydroxyl groups is 1. The van der Waals surface area contributed by atoms with Gasteiger partial charge in [-0.2, -0.15) is 0 Å². The van der Waals surface area contributed by atoms with Crippen molar-refractivity contribution in [3.05, 3.63) is 0 Å². The molecular weight excluding hydrogens is 126 g/mol. The average Bonchev–Trinajstić information content (AvgIpc) is 1.86. The molecule has 2 nitrogen and oxygen atoms in total. The van der Waals surface area contributed by atoms with Gasteiger partial charge in [-0.1, -0.05) is 20.3 Å². The van der Waals surface area contributed by atoms with Crippen LogP contribution in [0.2, 0.25) is 0 Å². The quantitative estimate of drug-likeness (QED) is 0.618. The molecule has 0 aromatic rings. The minimum atomic E-state index is -0.552. The monoisotopic (exact) mass is 145 g/mol. The van der Waals surface area contributed by atoms with Crippen molar-refractivity contribution in [2.24, 2.45) is 5.92 Å². The first-order valence-corrected chi connectivity index (χ1v) is 3.91. The second kappa shape index (κ2) is 3.94. The molecule has 0 bridgehead atoms. The molecule has 0 saturated carbocycles. The Bertz CT molecular complexity index is 91.3. The van der Waals surface area contributed by atoms with Crippen molar-refractivity contribution in [3.63, 3.8) is 0 Å². The second-order valence-electron chi connectivity index (χ2n) is 3.20. The van der Waals surface area contributed by atoms with E-state index in [1.165, 1.54) is 0 Å². The molecule has 0 amide bonds. The van der Waals surface area contributed by atoms with Gasteiger partial charge in [0.25, 0.3) is 0 Å². The summed E-state index contributed by atoms with van der Waals surface area (Å²) >= 11 is 0. The predicted molar refractivity (Wildman–Crippen MR) is 44.0 cm³/mol. The Labute approximate surface area is 63.6 Å². The largest absolute Gasteiger partial charge is 0.389 e. The van der Waals surface area contributed by atoms with Crippen LogP contribution in [0.1, 0.15) is 27.2 Å². The number of likely N-dealkylation sites (N-methyl/N-ethyl adjacent to an activating group) is 1. The van der Waals surface area contributed by atoms with Crippen molar-refractivity contribution >= 4 is 0 Å². The number of hydrogen-bond donors (Lipinski definition) is 2. The third kappa shape index (κ3) is 2.67. The summed E-state index contributed by atoms with van der Waals surface area (Å²) in [5.74, 6) is 0.361. The maximum absolute atomic E-state index is 9.72. The fraction of sp³-hybridized carbons (Fsp3) is 1.00. The van der Waals surface area contributed by atoms with Crippen LogP contribution in [0.3, 0.4) is 0 Å². The van der Waals surface area contributed by atoms with Crippen molar-refractivity contribution < 1.29 is 5.11 Å². The first kappa shape index (κ1) is 9.92. The van der Waals surface area contributed by atoms with Crippen molar-refractivity contribution in [1.82, 2.24) is 5.32 Å². The van der Waals surface area contributed by atoms with Crippen molar-refractivity contribution in [2.75, 3.05) is 13.6 Å². The fourth-order valence-corrected chi connectivity index (χ4v) is 0.972. The lowest BCUT2D eigenvalue weighted by Gasteiger charge is -2.29. The van der Waals surface area contributed by atoms with Gasteiger partial charge in [0, 0.05) is 6.54 Å². The second-order valence-corrected chi connectivity index (χ2v) is 3.20. The van der Waals surface area contributed by atoms with E-state index in [0.29, 0.717) is 12.5 Å². The minimum Gasteiger partial charge on any atom is -0.389 e. The molecule has 0 spiro atoms. The zero-order valence-corrected chi connectivity index (χ0v) is 7.44. The molecule has 0 heterocycles. The summed E-state index contributed by atoms with van der Waals surface area (Å²) < 4.78 is 0. The molecule has 0 aromatic heterocycles. The van der Waals surface area contributed by atoms with Gasteiger partial charge in [-0.05, 0) is 19.9 Å². The maximum atomic E-state index is 9.72. The summed E-state index contributed by atoms with van der Waals surface area (Å²) in [5.41, 5.74) is -0.552. The smallest absolute Gasteiger partial charge is 0.0768 e. The van der Waals surface area contributed by atoms with E-state index in [1.807, 2.05) is 14.0 Å². The highest BCUT2D eigenvalue weighted by atomic mass is 16.3. The van der Waals surface area contributed by atoms with E-state index in [2.05, 4.69) is 19.2 Å². The van der Waals surface area contributed by atoms with Gasteiger partial charge in [0.1, 0.15) is 0 Å². The number of hydrogen-bond acceptors (Lipinski definition) is 2. The fourth-order valence-electron chi connectivity index (χ4n) is 0.972. The lowest BCUT2D eigenvalue weighted by atomic mass is 9.89. The highest BCUT2D eigenvalue weighted by Gasteiger charge is 2.25. The van der Waals surface area contributed by atoms with Crippen molar-refractivity contribution in [3.8, 4) is 0 Å². The van der Waals surface area contributed by atoms with Crippen LogP contribution in [0, 0.1) is 5.92 Å². The van der Waals surface area contributed by atoms with Gasteiger partial charge in [-0.3, -0.25) is 0 Å². The van der Waals surface area contributed by atoms with Crippen LogP contribution in [0.25, 0.3) is 0 Å². The topological polar surface area (TPSA) is 32.3 Å². The van der Waals surface area contributed by atoms with Crippen LogP contribution in [0.4, 0.5) is 0 Å². The summed E-state index contributed by atoms with van der Waals surface area (Å²) in [7, 11) is 1.86. The molecule has 0 aliphatic rings. The molecule has 2 unspecified atom stereocenters. The zero-order valence-electron chi connectivity index (χ0n) is 7.44. The Hall–Kier alpha value is -0.0800. The van der Waals surface area contributed by atoms with Gasteiger partial charge in [-0.25, -0.2) is 0 Å². The maximum Gasteiger partial charge on any atom is 0.0768 e. The average molecular weight is 145 g/mol. The highest BCUT2D eigenvalue weighted by Crippen LogP contribution is 2.18. The Morgan fingerprint density at radius 1 is 1.60 bits per heavy atom. The van der Waals surface area contributed by atoms with Crippen LogP contribution >= 0.6 is 0 Å². The molecule has 2 N–H and O–H groups in total. The first-order valence-electron chi connectivity index (χ1n) is 3.91. The Balaban J connectivity index is 3.82.